The number of aryl methyl sites for hydroxylation is 1. The molecule has 0 spiro atoms. The van der Waals surface area contributed by atoms with Crippen molar-refractivity contribution in [2.45, 2.75) is 46.5 Å². The largest absolute Gasteiger partial charge is 0.327 e. The fourth-order valence-electron chi connectivity index (χ4n) is 3.32. The molecule has 0 aliphatic carbocycles. The summed E-state index contributed by atoms with van der Waals surface area (Å²) in [7, 11) is 0. The summed E-state index contributed by atoms with van der Waals surface area (Å²) in [5, 5.41) is 0. The van der Waals surface area contributed by atoms with E-state index in [1.165, 1.54) is 22.4 Å². The molecule has 3 nitrogen and oxygen atoms in total. The van der Waals surface area contributed by atoms with E-state index < -0.39 is 0 Å². The molecular weight excluding hydrogens is 294 g/mol. The van der Waals surface area contributed by atoms with E-state index in [9.17, 15) is 0 Å². The highest BCUT2D eigenvalue weighted by Crippen LogP contribution is 2.37. The average molecular weight is 321 g/mol. The van der Waals surface area contributed by atoms with Crippen LogP contribution in [0.3, 0.4) is 0 Å². The second-order valence-electron chi connectivity index (χ2n) is 7.12. The van der Waals surface area contributed by atoms with Gasteiger partial charge in [-0.1, -0.05) is 52.0 Å². The van der Waals surface area contributed by atoms with Crippen molar-refractivity contribution in [1.82, 2.24) is 4.98 Å². The number of benzene rings is 1. The molecule has 1 aromatic heterocycles. The normalized spacial score (nSPS) is 14.3. The molecule has 3 heteroatoms. The third-order valence-corrected chi connectivity index (χ3v) is 4.61. The molecule has 1 aliphatic rings. The van der Waals surface area contributed by atoms with Crippen molar-refractivity contribution in [1.29, 1.82) is 0 Å². The van der Waals surface area contributed by atoms with E-state index in [1.807, 2.05) is 12.3 Å². The summed E-state index contributed by atoms with van der Waals surface area (Å²) in [6, 6.07) is 10.8. The summed E-state index contributed by atoms with van der Waals surface area (Å²) in [6.45, 7) is 12.0. The van der Waals surface area contributed by atoms with Crippen LogP contribution in [0.5, 0.6) is 0 Å². The number of nitrogens with zero attached hydrogens (tertiary/aromatic N) is 3. The van der Waals surface area contributed by atoms with Gasteiger partial charge in [-0.25, -0.2) is 4.98 Å². The van der Waals surface area contributed by atoms with Crippen LogP contribution >= 0.6 is 0 Å². The molecule has 0 saturated carbocycles. The predicted molar refractivity (Wildman–Crippen MR) is 103 cm³/mol. The van der Waals surface area contributed by atoms with Crippen molar-refractivity contribution in [2.75, 3.05) is 16.5 Å². The standard InChI is InChI=1S/C21H27N3/c1-15(2)18-9-6-10-19(16(3)4)20(18)23-12-13-24(14-23)21-17(5)8-7-11-22-21/h6-13,15-16H,14H2,1-5H3. The number of rotatable bonds is 4. The zero-order valence-corrected chi connectivity index (χ0v) is 15.3. The second-order valence-corrected chi connectivity index (χ2v) is 7.12. The van der Waals surface area contributed by atoms with Gasteiger partial charge in [0.1, 0.15) is 12.5 Å². The smallest absolute Gasteiger partial charge is 0.136 e. The summed E-state index contributed by atoms with van der Waals surface area (Å²) >= 11 is 0. The second kappa shape index (κ2) is 6.68. The Bertz CT molecular complexity index is 720. The molecule has 0 N–H and O–H groups in total. The minimum Gasteiger partial charge on any atom is -0.327 e. The Hall–Kier alpha value is -2.29. The van der Waals surface area contributed by atoms with E-state index in [4.69, 9.17) is 0 Å². The quantitative estimate of drug-likeness (QED) is 0.752. The SMILES string of the molecule is Cc1cccnc1N1C=CN(c2c(C(C)C)cccc2C(C)C)C1. The van der Waals surface area contributed by atoms with Crippen molar-refractivity contribution < 1.29 is 0 Å². The topological polar surface area (TPSA) is 19.4 Å². The van der Waals surface area contributed by atoms with Gasteiger partial charge in [-0.05, 0) is 41.5 Å². The first kappa shape index (κ1) is 16.6. The molecule has 3 rings (SSSR count). The van der Waals surface area contributed by atoms with Gasteiger partial charge in [0.05, 0.1) is 0 Å². The van der Waals surface area contributed by atoms with Gasteiger partial charge in [-0.2, -0.15) is 0 Å². The number of aromatic nitrogens is 1. The first-order chi connectivity index (χ1) is 11.5. The number of hydrogen-bond acceptors (Lipinski definition) is 3. The molecule has 126 valence electrons. The van der Waals surface area contributed by atoms with E-state index >= 15 is 0 Å². The maximum atomic E-state index is 4.55. The van der Waals surface area contributed by atoms with Crippen molar-refractivity contribution in [3.63, 3.8) is 0 Å². The molecule has 24 heavy (non-hydrogen) atoms. The number of pyridine rings is 1. The third-order valence-electron chi connectivity index (χ3n) is 4.61. The summed E-state index contributed by atoms with van der Waals surface area (Å²) in [5.74, 6) is 2.03. The molecule has 0 unspecified atom stereocenters. The van der Waals surface area contributed by atoms with Gasteiger partial charge in [0.25, 0.3) is 0 Å². The van der Waals surface area contributed by atoms with Crippen LogP contribution in [-0.2, 0) is 0 Å². The molecule has 2 heterocycles. The van der Waals surface area contributed by atoms with Crippen LogP contribution in [0.4, 0.5) is 11.5 Å². The van der Waals surface area contributed by atoms with Crippen LogP contribution in [-0.4, -0.2) is 11.7 Å². The van der Waals surface area contributed by atoms with E-state index in [2.05, 4.69) is 86.1 Å². The van der Waals surface area contributed by atoms with Crippen molar-refractivity contribution >= 4 is 11.5 Å². The fraction of sp³-hybridized carbons (Fsp3) is 0.381. The molecule has 0 fully saturated rings. The van der Waals surface area contributed by atoms with Gasteiger partial charge in [-0.15, -0.1) is 0 Å². The van der Waals surface area contributed by atoms with Crippen molar-refractivity contribution in [2.24, 2.45) is 0 Å². The van der Waals surface area contributed by atoms with Crippen LogP contribution in [0.1, 0.15) is 56.2 Å². The average Bonchev–Trinajstić information content (AvgIpc) is 3.03. The molecular formula is C21H27N3. The third kappa shape index (κ3) is 3.03. The van der Waals surface area contributed by atoms with Gasteiger partial charge in [0.2, 0.25) is 0 Å². The molecule has 0 bridgehead atoms. The van der Waals surface area contributed by atoms with Crippen LogP contribution in [0.15, 0.2) is 48.9 Å². The Morgan fingerprint density at radius 1 is 0.875 bits per heavy atom. The summed E-state index contributed by atoms with van der Waals surface area (Å²) in [6.07, 6.45) is 6.18. The maximum absolute atomic E-state index is 4.55. The maximum Gasteiger partial charge on any atom is 0.136 e. The number of anilines is 2. The lowest BCUT2D eigenvalue weighted by Gasteiger charge is -2.28. The zero-order chi connectivity index (χ0) is 17.3. The van der Waals surface area contributed by atoms with E-state index in [0.717, 1.165) is 12.5 Å². The van der Waals surface area contributed by atoms with Gasteiger partial charge in [0.15, 0.2) is 0 Å². The lowest BCUT2D eigenvalue weighted by atomic mass is 9.92. The van der Waals surface area contributed by atoms with Crippen LogP contribution in [0, 0.1) is 6.92 Å². The van der Waals surface area contributed by atoms with Crippen LogP contribution < -0.4 is 9.80 Å². The Morgan fingerprint density at radius 3 is 2.08 bits per heavy atom. The highest BCUT2D eigenvalue weighted by molar-refractivity contribution is 5.67. The Balaban J connectivity index is 1.97. The van der Waals surface area contributed by atoms with E-state index in [0.29, 0.717) is 11.8 Å². The fourth-order valence-corrected chi connectivity index (χ4v) is 3.32. The summed E-state index contributed by atoms with van der Waals surface area (Å²) < 4.78 is 0. The first-order valence-corrected chi connectivity index (χ1v) is 8.75. The van der Waals surface area contributed by atoms with Gasteiger partial charge >= 0.3 is 0 Å². The summed E-state index contributed by atoms with van der Waals surface area (Å²) in [5.41, 5.74) is 5.37. The van der Waals surface area contributed by atoms with Crippen LogP contribution in [0.2, 0.25) is 0 Å². The van der Waals surface area contributed by atoms with Crippen LogP contribution in [0.25, 0.3) is 0 Å². The molecule has 2 aromatic rings. The highest BCUT2D eigenvalue weighted by Gasteiger charge is 2.23. The van der Waals surface area contributed by atoms with Gasteiger partial charge < -0.3 is 9.80 Å². The predicted octanol–water partition coefficient (Wildman–Crippen LogP) is 5.39. The zero-order valence-electron chi connectivity index (χ0n) is 15.3. The highest BCUT2D eigenvalue weighted by atomic mass is 15.4. The van der Waals surface area contributed by atoms with Crippen molar-refractivity contribution in [3.05, 3.63) is 65.6 Å². The Morgan fingerprint density at radius 2 is 1.50 bits per heavy atom. The van der Waals surface area contributed by atoms with Crippen molar-refractivity contribution in [3.8, 4) is 0 Å². The van der Waals surface area contributed by atoms with E-state index in [1.54, 1.807) is 0 Å². The molecule has 0 radical (unpaired) electrons. The Kier molecular flexibility index (Phi) is 4.61. The minimum absolute atomic E-state index is 0.498. The summed E-state index contributed by atoms with van der Waals surface area (Å²) in [4.78, 5) is 9.13. The molecule has 1 aliphatic heterocycles. The van der Waals surface area contributed by atoms with E-state index in [-0.39, 0.29) is 0 Å². The molecule has 0 saturated heterocycles. The molecule has 0 atom stereocenters. The van der Waals surface area contributed by atoms with Gasteiger partial charge in [-0.3, -0.25) is 0 Å². The Labute approximate surface area is 145 Å². The first-order valence-electron chi connectivity index (χ1n) is 8.75. The number of para-hydroxylation sites is 1. The molecule has 0 amide bonds. The lowest BCUT2D eigenvalue weighted by Crippen LogP contribution is -2.27. The monoisotopic (exact) mass is 321 g/mol. The lowest BCUT2D eigenvalue weighted by molar-refractivity contribution is 0.815. The number of hydrogen-bond donors (Lipinski definition) is 0. The van der Waals surface area contributed by atoms with Gasteiger partial charge in [0, 0.05) is 24.3 Å². The minimum atomic E-state index is 0.498. The molecule has 1 aromatic carbocycles.